The van der Waals surface area contributed by atoms with E-state index < -0.39 is 28.9 Å². The molecule has 4 aromatic rings. The first-order valence-electron chi connectivity index (χ1n) is 7.70. The van der Waals surface area contributed by atoms with E-state index in [-0.39, 0.29) is 6.54 Å². The highest BCUT2D eigenvalue weighted by Crippen LogP contribution is 2.20. The highest BCUT2D eigenvalue weighted by Gasteiger charge is 2.19. The van der Waals surface area contributed by atoms with Crippen LogP contribution >= 0.6 is 11.3 Å². The molecule has 0 bridgehead atoms. The molecule has 0 aliphatic heterocycles. The summed E-state index contributed by atoms with van der Waals surface area (Å²) in [6, 6.07) is 7.00. The zero-order valence-electron chi connectivity index (χ0n) is 13.5. The van der Waals surface area contributed by atoms with Gasteiger partial charge in [-0.2, -0.15) is 21.0 Å². The minimum atomic E-state index is -1.70. The van der Waals surface area contributed by atoms with Gasteiger partial charge in [0.25, 0.3) is 5.91 Å². The molecule has 0 spiro atoms. The number of benzene rings is 1. The molecule has 3 aromatic heterocycles. The minimum Gasteiger partial charge on any atom is -0.345 e. The van der Waals surface area contributed by atoms with E-state index in [0.29, 0.717) is 23.2 Å². The van der Waals surface area contributed by atoms with E-state index in [1.54, 1.807) is 12.1 Å². The molecule has 136 valence electrons. The summed E-state index contributed by atoms with van der Waals surface area (Å²) >= 11 is 1.53. The number of rotatable bonds is 4. The molecule has 1 aromatic carbocycles. The van der Waals surface area contributed by atoms with Gasteiger partial charge in [0.15, 0.2) is 28.9 Å². The molecule has 0 unspecified atom stereocenters. The van der Waals surface area contributed by atoms with Gasteiger partial charge >= 0.3 is 0 Å². The van der Waals surface area contributed by atoms with Crippen LogP contribution in [0.1, 0.15) is 16.2 Å². The van der Waals surface area contributed by atoms with Gasteiger partial charge in [0.2, 0.25) is 0 Å². The summed E-state index contributed by atoms with van der Waals surface area (Å²) in [5.41, 5.74) is 1.49. The van der Waals surface area contributed by atoms with Crippen molar-refractivity contribution in [2.24, 2.45) is 0 Å². The van der Waals surface area contributed by atoms with Crippen LogP contribution in [-0.4, -0.2) is 25.7 Å². The number of nitrogens with zero attached hydrogens (tertiary/aromatic N) is 4. The Labute approximate surface area is 154 Å². The van der Waals surface area contributed by atoms with Gasteiger partial charge in [-0.25, -0.2) is 13.2 Å². The van der Waals surface area contributed by atoms with E-state index in [1.807, 2.05) is 16.8 Å². The zero-order chi connectivity index (χ0) is 19.0. The third kappa shape index (κ3) is 3.14. The van der Waals surface area contributed by atoms with E-state index in [0.717, 1.165) is 11.6 Å². The Morgan fingerprint density at radius 2 is 1.93 bits per heavy atom. The lowest BCUT2D eigenvalue weighted by atomic mass is 10.2. The molecule has 0 atom stereocenters. The van der Waals surface area contributed by atoms with Crippen molar-refractivity contribution < 1.29 is 18.0 Å². The van der Waals surface area contributed by atoms with Crippen molar-refractivity contribution in [2.75, 3.05) is 0 Å². The molecule has 0 aliphatic carbocycles. The van der Waals surface area contributed by atoms with Gasteiger partial charge in [-0.05, 0) is 35.7 Å². The SMILES string of the molecule is O=C(NCc1nnc2ccc(-c3ccsc3)nn12)c1ccc(F)c(F)c1F. The molecular weight excluding hydrogens is 379 g/mol. The van der Waals surface area contributed by atoms with E-state index >= 15 is 0 Å². The van der Waals surface area contributed by atoms with Crippen molar-refractivity contribution in [3.8, 4) is 11.3 Å². The Morgan fingerprint density at radius 3 is 2.70 bits per heavy atom. The Bertz CT molecular complexity index is 1140. The number of carbonyl (C=O) groups excluding carboxylic acids is 1. The summed E-state index contributed by atoms with van der Waals surface area (Å²) < 4.78 is 41.4. The van der Waals surface area contributed by atoms with Crippen LogP contribution in [0.2, 0.25) is 0 Å². The Hall–Kier alpha value is -3.27. The Kier molecular flexibility index (Phi) is 4.32. The normalized spacial score (nSPS) is 11.1. The van der Waals surface area contributed by atoms with E-state index in [4.69, 9.17) is 0 Å². The summed E-state index contributed by atoms with van der Waals surface area (Å²) in [4.78, 5) is 12.1. The van der Waals surface area contributed by atoms with Gasteiger partial charge in [-0.3, -0.25) is 4.79 Å². The number of thiophene rings is 1. The Morgan fingerprint density at radius 1 is 1.07 bits per heavy atom. The van der Waals surface area contributed by atoms with Crippen molar-refractivity contribution in [3.05, 3.63) is 69.9 Å². The predicted molar refractivity (Wildman–Crippen MR) is 91.6 cm³/mol. The third-order valence-corrected chi connectivity index (χ3v) is 4.51. The number of halogens is 3. The van der Waals surface area contributed by atoms with Crippen molar-refractivity contribution in [1.82, 2.24) is 25.1 Å². The second kappa shape index (κ2) is 6.80. The first-order chi connectivity index (χ1) is 13.0. The molecule has 0 aliphatic rings. The molecule has 1 N–H and O–H groups in total. The molecular formula is C17H10F3N5OS. The summed E-state index contributed by atoms with van der Waals surface area (Å²) in [6.07, 6.45) is 0. The highest BCUT2D eigenvalue weighted by molar-refractivity contribution is 7.08. The third-order valence-electron chi connectivity index (χ3n) is 3.83. The maximum Gasteiger partial charge on any atom is 0.254 e. The minimum absolute atomic E-state index is 0.126. The van der Waals surface area contributed by atoms with Crippen LogP contribution in [0.15, 0.2) is 41.1 Å². The maximum atomic E-state index is 13.7. The van der Waals surface area contributed by atoms with Crippen LogP contribution in [-0.2, 0) is 6.54 Å². The lowest BCUT2D eigenvalue weighted by Crippen LogP contribution is -2.25. The van der Waals surface area contributed by atoms with Crippen LogP contribution < -0.4 is 5.32 Å². The molecule has 10 heteroatoms. The fraction of sp³-hybridized carbons (Fsp3) is 0.0588. The molecule has 0 saturated heterocycles. The predicted octanol–water partition coefficient (Wildman–Crippen LogP) is 3.20. The van der Waals surface area contributed by atoms with Gasteiger partial charge in [-0.1, -0.05) is 0 Å². The molecule has 0 radical (unpaired) electrons. The largest absolute Gasteiger partial charge is 0.345 e. The molecule has 4 rings (SSSR count). The number of hydrogen-bond acceptors (Lipinski definition) is 5. The number of nitrogens with one attached hydrogen (secondary N) is 1. The summed E-state index contributed by atoms with van der Waals surface area (Å²) in [7, 11) is 0. The zero-order valence-corrected chi connectivity index (χ0v) is 14.3. The topological polar surface area (TPSA) is 72.2 Å². The summed E-state index contributed by atoms with van der Waals surface area (Å²) in [5, 5.41) is 18.6. The average Bonchev–Trinajstić information content (AvgIpc) is 3.34. The second-order valence-electron chi connectivity index (χ2n) is 5.52. The van der Waals surface area contributed by atoms with E-state index in [9.17, 15) is 18.0 Å². The van der Waals surface area contributed by atoms with Crippen LogP contribution in [0.3, 0.4) is 0 Å². The van der Waals surface area contributed by atoms with Gasteiger partial charge in [0.05, 0.1) is 17.8 Å². The number of amides is 1. The monoisotopic (exact) mass is 389 g/mol. The molecule has 0 fully saturated rings. The van der Waals surface area contributed by atoms with Crippen LogP contribution in [0.5, 0.6) is 0 Å². The quantitative estimate of drug-likeness (QED) is 0.544. The van der Waals surface area contributed by atoms with E-state index in [2.05, 4.69) is 20.6 Å². The molecule has 1 amide bonds. The lowest BCUT2D eigenvalue weighted by Gasteiger charge is -2.06. The van der Waals surface area contributed by atoms with Crippen molar-refractivity contribution in [3.63, 3.8) is 0 Å². The van der Waals surface area contributed by atoms with Crippen LogP contribution in [0.4, 0.5) is 13.2 Å². The van der Waals surface area contributed by atoms with Gasteiger partial charge in [-0.15, -0.1) is 10.2 Å². The molecule has 6 nitrogen and oxygen atoms in total. The molecule has 3 heterocycles. The number of aromatic nitrogens is 4. The van der Waals surface area contributed by atoms with Crippen LogP contribution in [0.25, 0.3) is 16.9 Å². The van der Waals surface area contributed by atoms with Crippen LogP contribution in [0, 0.1) is 17.5 Å². The molecule has 27 heavy (non-hydrogen) atoms. The summed E-state index contributed by atoms with van der Waals surface area (Å²) in [5.74, 6) is -5.21. The van der Waals surface area contributed by atoms with E-state index in [1.165, 1.54) is 15.9 Å². The van der Waals surface area contributed by atoms with Crippen molar-refractivity contribution in [2.45, 2.75) is 6.54 Å². The fourth-order valence-corrected chi connectivity index (χ4v) is 3.11. The molecule has 0 saturated carbocycles. The maximum absolute atomic E-state index is 13.7. The second-order valence-corrected chi connectivity index (χ2v) is 6.30. The first-order valence-corrected chi connectivity index (χ1v) is 8.64. The average molecular weight is 389 g/mol. The van der Waals surface area contributed by atoms with Crippen molar-refractivity contribution in [1.29, 1.82) is 0 Å². The Balaban J connectivity index is 1.58. The number of carbonyl (C=O) groups is 1. The first kappa shape index (κ1) is 17.2. The standard InChI is InChI=1S/C17H10F3N5OS/c18-11-2-1-10(15(19)16(11)20)17(26)21-7-14-23-22-13-4-3-12(24-25(13)14)9-5-6-27-8-9/h1-6,8H,7H2,(H,21,26). The van der Waals surface area contributed by atoms with Gasteiger partial charge in [0, 0.05) is 10.9 Å². The smallest absolute Gasteiger partial charge is 0.254 e. The number of fused-ring (bicyclic) bond motifs is 1. The lowest BCUT2D eigenvalue weighted by molar-refractivity contribution is 0.0944. The number of hydrogen-bond donors (Lipinski definition) is 1. The van der Waals surface area contributed by atoms with Gasteiger partial charge in [0.1, 0.15) is 0 Å². The summed E-state index contributed by atoms with van der Waals surface area (Å²) in [6.45, 7) is -0.126. The highest BCUT2D eigenvalue weighted by atomic mass is 32.1. The van der Waals surface area contributed by atoms with Gasteiger partial charge < -0.3 is 5.32 Å². The fourth-order valence-electron chi connectivity index (χ4n) is 2.46. The van der Waals surface area contributed by atoms with Crippen molar-refractivity contribution >= 4 is 22.9 Å².